The van der Waals surface area contributed by atoms with E-state index in [9.17, 15) is 18.0 Å². The van der Waals surface area contributed by atoms with Gasteiger partial charge in [-0.2, -0.15) is 4.39 Å². The Labute approximate surface area is 114 Å². The number of rotatable bonds is 3. The Morgan fingerprint density at radius 2 is 2.05 bits per heavy atom. The molecule has 0 bridgehead atoms. The number of nitrogen functional groups attached to an aromatic ring is 1. The summed E-state index contributed by atoms with van der Waals surface area (Å²) in [7, 11) is 0.980. The molecule has 0 unspecified atom stereocenters. The van der Waals surface area contributed by atoms with Gasteiger partial charge in [-0.05, 0) is 6.07 Å². The maximum atomic E-state index is 14.0. The van der Waals surface area contributed by atoms with Crippen LogP contribution in [0.4, 0.5) is 18.3 Å². The van der Waals surface area contributed by atoms with Gasteiger partial charge in [-0.25, -0.2) is 18.6 Å². The molecule has 1 aromatic carbocycles. The van der Waals surface area contributed by atoms with Crippen molar-refractivity contribution in [2.45, 2.75) is 0 Å². The van der Waals surface area contributed by atoms with Gasteiger partial charge in [0.1, 0.15) is 5.56 Å². The van der Waals surface area contributed by atoms with Gasteiger partial charge in [-0.3, -0.25) is 0 Å². The second kappa shape index (κ2) is 5.37. The summed E-state index contributed by atoms with van der Waals surface area (Å²) < 4.78 is 50.0. The van der Waals surface area contributed by atoms with Gasteiger partial charge in [0, 0.05) is 0 Å². The largest absolute Gasteiger partial charge is 0.465 e. The smallest absolute Gasteiger partial charge is 0.341 e. The number of hydrogen-bond donors (Lipinski definition) is 1. The fraction of sp³-hybridized carbons (Fsp3) is 0.0909. The standard InChI is InChI=1S/C11H7F3N2O3S/c1-18-10(17)4-2-5(12)8(14)9(7(4)13)19-6-3-16-11(15)20-6/h2-3H,1H3,(H2,15,16). The van der Waals surface area contributed by atoms with Gasteiger partial charge >= 0.3 is 5.97 Å². The Balaban J connectivity index is 2.50. The number of nitrogens with zero attached hydrogens (tertiary/aromatic N) is 1. The minimum Gasteiger partial charge on any atom is -0.465 e. The molecule has 106 valence electrons. The van der Waals surface area contributed by atoms with Crippen LogP contribution in [0, 0.1) is 17.5 Å². The minimum absolute atomic E-state index is 0.0540. The van der Waals surface area contributed by atoms with E-state index in [0.717, 1.165) is 24.6 Å². The first-order chi connectivity index (χ1) is 9.43. The third-order valence-corrected chi connectivity index (χ3v) is 2.93. The van der Waals surface area contributed by atoms with Crippen LogP contribution in [0.15, 0.2) is 12.3 Å². The minimum atomic E-state index is -1.57. The molecule has 0 aliphatic carbocycles. The van der Waals surface area contributed by atoms with E-state index in [4.69, 9.17) is 10.5 Å². The number of aromatic nitrogens is 1. The zero-order valence-electron chi connectivity index (χ0n) is 9.95. The number of carbonyl (C=O) groups is 1. The molecule has 1 aromatic heterocycles. The Bertz CT molecular complexity index is 675. The molecule has 9 heteroatoms. The highest BCUT2D eigenvalue weighted by atomic mass is 32.1. The lowest BCUT2D eigenvalue weighted by molar-refractivity contribution is 0.0593. The lowest BCUT2D eigenvalue weighted by Crippen LogP contribution is -2.08. The Morgan fingerprint density at radius 3 is 2.60 bits per heavy atom. The molecule has 0 aliphatic rings. The molecule has 0 amide bonds. The molecule has 0 saturated heterocycles. The molecule has 0 radical (unpaired) electrons. The van der Waals surface area contributed by atoms with Gasteiger partial charge in [0.25, 0.3) is 0 Å². The first-order valence-electron chi connectivity index (χ1n) is 5.09. The fourth-order valence-electron chi connectivity index (χ4n) is 1.35. The SMILES string of the molecule is COC(=O)c1cc(F)c(F)c(Oc2cnc(N)s2)c1F. The third kappa shape index (κ3) is 2.52. The summed E-state index contributed by atoms with van der Waals surface area (Å²) in [6, 6.07) is 0.393. The number of esters is 1. The second-order valence-electron chi connectivity index (χ2n) is 3.47. The number of anilines is 1. The number of nitrogens with two attached hydrogens (primary N) is 1. The molecule has 0 aliphatic heterocycles. The summed E-state index contributed by atoms with van der Waals surface area (Å²) >= 11 is 0.798. The van der Waals surface area contributed by atoms with Crippen molar-refractivity contribution in [2.75, 3.05) is 12.8 Å². The van der Waals surface area contributed by atoms with Crippen LogP contribution < -0.4 is 10.5 Å². The highest BCUT2D eigenvalue weighted by molar-refractivity contribution is 7.17. The molecule has 0 spiro atoms. The predicted octanol–water partition coefficient (Wildman–Crippen LogP) is 2.72. The fourth-order valence-corrected chi connectivity index (χ4v) is 1.89. The van der Waals surface area contributed by atoms with E-state index in [0.29, 0.717) is 6.07 Å². The third-order valence-electron chi connectivity index (χ3n) is 2.23. The van der Waals surface area contributed by atoms with Crippen LogP contribution in [-0.4, -0.2) is 18.1 Å². The van der Waals surface area contributed by atoms with Crippen LogP contribution in [0.2, 0.25) is 0 Å². The lowest BCUT2D eigenvalue weighted by Gasteiger charge is -2.09. The quantitative estimate of drug-likeness (QED) is 0.697. The van der Waals surface area contributed by atoms with E-state index >= 15 is 0 Å². The monoisotopic (exact) mass is 304 g/mol. The first kappa shape index (κ1) is 14.1. The van der Waals surface area contributed by atoms with Crippen LogP contribution >= 0.6 is 11.3 Å². The van der Waals surface area contributed by atoms with Crippen molar-refractivity contribution in [3.63, 3.8) is 0 Å². The van der Waals surface area contributed by atoms with Crippen molar-refractivity contribution in [1.82, 2.24) is 4.98 Å². The number of thiazole rings is 1. The number of ether oxygens (including phenoxy) is 2. The summed E-state index contributed by atoms with van der Waals surface area (Å²) in [4.78, 5) is 14.9. The highest BCUT2D eigenvalue weighted by Gasteiger charge is 2.25. The summed E-state index contributed by atoms with van der Waals surface area (Å²) in [6.07, 6.45) is 1.11. The van der Waals surface area contributed by atoms with E-state index < -0.39 is 34.7 Å². The van der Waals surface area contributed by atoms with Crippen molar-refractivity contribution in [1.29, 1.82) is 0 Å². The summed E-state index contributed by atoms with van der Waals surface area (Å²) in [5.41, 5.74) is 4.55. The Hall–Kier alpha value is -2.29. The molecule has 0 atom stereocenters. The van der Waals surface area contributed by atoms with E-state index in [1.807, 2.05) is 0 Å². The van der Waals surface area contributed by atoms with Gasteiger partial charge in [0.05, 0.1) is 13.3 Å². The molecule has 0 fully saturated rings. The summed E-state index contributed by atoms with van der Waals surface area (Å²) in [5, 5.41) is 0.0483. The normalized spacial score (nSPS) is 10.4. The van der Waals surface area contributed by atoms with Crippen molar-refractivity contribution in [3.05, 3.63) is 35.3 Å². The lowest BCUT2D eigenvalue weighted by atomic mass is 10.2. The molecular weight excluding hydrogens is 297 g/mol. The predicted molar refractivity (Wildman–Crippen MR) is 64.3 cm³/mol. The van der Waals surface area contributed by atoms with Crippen LogP contribution in [0.3, 0.4) is 0 Å². The Kier molecular flexibility index (Phi) is 3.79. The second-order valence-corrected chi connectivity index (χ2v) is 4.50. The van der Waals surface area contributed by atoms with Gasteiger partial charge in [-0.15, -0.1) is 0 Å². The van der Waals surface area contributed by atoms with Crippen molar-refractivity contribution >= 4 is 22.4 Å². The number of benzene rings is 1. The van der Waals surface area contributed by atoms with Crippen molar-refractivity contribution < 1.29 is 27.4 Å². The van der Waals surface area contributed by atoms with E-state index in [1.165, 1.54) is 0 Å². The number of halogens is 3. The average Bonchev–Trinajstić information content (AvgIpc) is 2.83. The molecule has 20 heavy (non-hydrogen) atoms. The van der Waals surface area contributed by atoms with Crippen LogP contribution in [0.5, 0.6) is 10.8 Å². The van der Waals surface area contributed by atoms with Crippen molar-refractivity contribution in [2.24, 2.45) is 0 Å². The highest BCUT2D eigenvalue weighted by Crippen LogP contribution is 2.34. The van der Waals surface area contributed by atoms with E-state index in [-0.39, 0.29) is 10.2 Å². The Morgan fingerprint density at radius 1 is 1.35 bits per heavy atom. The maximum Gasteiger partial charge on any atom is 0.341 e. The molecule has 5 nitrogen and oxygen atoms in total. The number of carbonyl (C=O) groups excluding carboxylic acids is 1. The number of hydrogen-bond acceptors (Lipinski definition) is 6. The summed E-state index contributed by atoms with van der Waals surface area (Å²) in [5.74, 6) is -6.60. The van der Waals surface area contributed by atoms with Gasteiger partial charge in [0.2, 0.25) is 16.6 Å². The maximum absolute atomic E-state index is 14.0. The molecule has 2 N–H and O–H groups in total. The molecular formula is C11H7F3N2O3S. The molecule has 2 aromatic rings. The van der Waals surface area contributed by atoms with E-state index in [1.54, 1.807) is 0 Å². The van der Waals surface area contributed by atoms with Gasteiger partial charge in [-0.1, -0.05) is 11.3 Å². The van der Waals surface area contributed by atoms with Crippen LogP contribution in [0.1, 0.15) is 10.4 Å². The number of methoxy groups -OCH3 is 1. The molecule has 1 heterocycles. The van der Waals surface area contributed by atoms with Crippen LogP contribution in [0.25, 0.3) is 0 Å². The van der Waals surface area contributed by atoms with E-state index in [2.05, 4.69) is 9.72 Å². The topological polar surface area (TPSA) is 74.4 Å². The zero-order chi connectivity index (χ0) is 14.9. The average molecular weight is 304 g/mol. The van der Waals surface area contributed by atoms with Gasteiger partial charge < -0.3 is 15.2 Å². The zero-order valence-corrected chi connectivity index (χ0v) is 10.8. The molecule has 0 saturated carbocycles. The summed E-state index contributed by atoms with van der Waals surface area (Å²) in [6.45, 7) is 0. The first-order valence-corrected chi connectivity index (χ1v) is 5.90. The van der Waals surface area contributed by atoms with Gasteiger partial charge in [0.15, 0.2) is 16.8 Å². The van der Waals surface area contributed by atoms with Crippen LogP contribution in [-0.2, 0) is 4.74 Å². The van der Waals surface area contributed by atoms with Crippen molar-refractivity contribution in [3.8, 4) is 10.8 Å². The molecule has 2 rings (SSSR count).